The Labute approximate surface area is 140 Å². The van der Waals surface area contributed by atoms with Crippen molar-refractivity contribution in [3.05, 3.63) is 47.5 Å². The molecule has 0 aliphatic heterocycles. The van der Waals surface area contributed by atoms with E-state index in [4.69, 9.17) is 21.1 Å². The molecule has 0 aliphatic rings. The van der Waals surface area contributed by atoms with E-state index < -0.39 is 0 Å². The molecule has 2 rings (SSSR count). The highest BCUT2D eigenvalue weighted by atomic mass is 35.5. The average molecular weight is 335 g/mol. The van der Waals surface area contributed by atoms with Crippen molar-refractivity contribution in [1.29, 1.82) is 0 Å². The fourth-order valence-electron chi connectivity index (χ4n) is 2.03. The number of methoxy groups -OCH3 is 2. The summed E-state index contributed by atoms with van der Waals surface area (Å²) < 4.78 is 10.4. The summed E-state index contributed by atoms with van der Waals surface area (Å²) in [6.45, 7) is 0.505. The third kappa shape index (κ3) is 5.07. The second kappa shape index (κ2) is 8.29. The molecule has 0 atom stereocenters. The maximum Gasteiger partial charge on any atom is 0.226 e. The van der Waals surface area contributed by atoms with E-state index in [1.54, 1.807) is 38.5 Å². The number of ether oxygens (including phenoxy) is 2. The molecule has 23 heavy (non-hydrogen) atoms. The predicted molar refractivity (Wildman–Crippen MR) is 92.7 cm³/mol. The maximum atomic E-state index is 12.0. The lowest BCUT2D eigenvalue weighted by atomic mass is 10.2. The van der Waals surface area contributed by atoms with Crippen LogP contribution in [0, 0.1) is 0 Å². The van der Waals surface area contributed by atoms with Gasteiger partial charge in [0.05, 0.1) is 19.9 Å². The molecular formula is C17H19ClN2O3. The van der Waals surface area contributed by atoms with Gasteiger partial charge in [-0.25, -0.2) is 0 Å². The van der Waals surface area contributed by atoms with Crippen LogP contribution in [0.4, 0.5) is 11.4 Å². The van der Waals surface area contributed by atoms with Crippen molar-refractivity contribution in [3.63, 3.8) is 0 Å². The van der Waals surface area contributed by atoms with Gasteiger partial charge in [0.15, 0.2) is 0 Å². The molecule has 122 valence electrons. The number of halogens is 1. The van der Waals surface area contributed by atoms with E-state index in [9.17, 15) is 4.79 Å². The predicted octanol–water partition coefficient (Wildman–Crippen LogP) is 3.80. The van der Waals surface area contributed by atoms with E-state index in [1.807, 2.05) is 18.2 Å². The first-order valence-electron chi connectivity index (χ1n) is 7.13. The van der Waals surface area contributed by atoms with Crippen LogP contribution < -0.4 is 20.1 Å². The third-order valence-electron chi connectivity index (χ3n) is 3.19. The number of hydrogen-bond donors (Lipinski definition) is 2. The van der Waals surface area contributed by atoms with Crippen LogP contribution in [0.3, 0.4) is 0 Å². The summed E-state index contributed by atoms with van der Waals surface area (Å²) in [6, 6.07) is 12.6. The average Bonchev–Trinajstić information content (AvgIpc) is 2.55. The van der Waals surface area contributed by atoms with Gasteiger partial charge in [0, 0.05) is 29.7 Å². The van der Waals surface area contributed by atoms with Crippen molar-refractivity contribution < 1.29 is 14.3 Å². The summed E-state index contributed by atoms with van der Waals surface area (Å²) >= 11 is 5.91. The fraction of sp³-hybridized carbons (Fsp3) is 0.235. The van der Waals surface area contributed by atoms with Gasteiger partial charge >= 0.3 is 0 Å². The number of rotatable bonds is 7. The summed E-state index contributed by atoms with van der Waals surface area (Å²) in [6.07, 6.45) is 0.321. The number of carbonyl (C=O) groups is 1. The topological polar surface area (TPSA) is 59.6 Å². The molecule has 2 aromatic rings. The number of amides is 1. The van der Waals surface area contributed by atoms with E-state index in [-0.39, 0.29) is 5.91 Å². The van der Waals surface area contributed by atoms with Crippen LogP contribution in [0.1, 0.15) is 6.42 Å². The molecule has 0 aliphatic carbocycles. The van der Waals surface area contributed by atoms with Crippen molar-refractivity contribution in [2.45, 2.75) is 6.42 Å². The third-order valence-corrected chi connectivity index (χ3v) is 3.42. The summed E-state index contributed by atoms with van der Waals surface area (Å²) in [4.78, 5) is 12.0. The van der Waals surface area contributed by atoms with Gasteiger partial charge in [0.1, 0.15) is 11.5 Å². The molecule has 0 unspecified atom stereocenters. The highest BCUT2D eigenvalue weighted by molar-refractivity contribution is 6.30. The molecule has 0 heterocycles. The van der Waals surface area contributed by atoms with Crippen LogP contribution in [0.15, 0.2) is 42.5 Å². The van der Waals surface area contributed by atoms with E-state index in [1.165, 1.54) is 0 Å². The Morgan fingerprint density at radius 2 is 1.96 bits per heavy atom. The normalized spacial score (nSPS) is 10.0. The minimum Gasteiger partial charge on any atom is -0.497 e. The molecule has 0 saturated heterocycles. The molecule has 0 bridgehead atoms. The largest absolute Gasteiger partial charge is 0.497 e. The number of nitrogens with one attached hydrogen (secondary N) is 2. The van der Waals surface area contributed by atoms with E-state index >= 15 is 0 Å². The molecule has 0 aromatic heterocycles. The molecule has 1 amide bonds. The van der Waals surface area contributed by atoms with Gasteiger partial charge in [-0.3, -0.25) is 4.79 Å². The highest BCUT2D eigenvalue weighted by Gasteiger charge is 2.08. The van der Waals surface area contributed by atoms with Crippen LogP contribution in [0.5, 0.6) is 11.5 Å². The zero-order valence-corrected chi connectivity index (χ0v) is 13.8. The minimum atomic E-state index is -0.108. The van der Waals surface area contributed by atoms with Gasteiger partial charge in [-0.2, -0.15) is 0 Å². The Hall–Kier alpha value is -2.40. The van der Waals surface area contributed by atoms with Gasteiger partial charge in [0.2, 0.25) is 5.91 Å². The molecule has 6 heteroatoms. The van der Waals surface area contributed by atoms with Crippen LogP contribution in [0.2, 0.25) is 5.02 Å². The van der Waals surface area contributed by atoms with Crippen molar-refractivity contribution >= 4 is 28.9 Å². The smallest absolute Gasteiger partial charge is 0.226 e. The van der Waals surface area contributed by atoms with Crippen LogP contribution in [-0.4, -0.2) is 26.7 Å². The Morgan fingerprint density at radius 1 is 1.13 bits per heavy atom. The molecular weight excluding hydrogens is 316 g/mol. The molecule has 2 N–H and O–H groups in total. The Morgan fingerprint density at radius 3 is 2.65 bits per heavy atom. The van der Waals surface area contributed by atoms with E-state index in [2.05, 4.69) is 10.6 Å². The Kier molecular flexibility index (Phi) is 6.11. The molecule has 2 aromatic carbocycles. The molecule has 0 fully saturated rings. The highest BCUT2D eigenvalue weighted by Crippen LogP contribution is 2.29. The van der Waals surface area contributed by atoms with Crippen LogP contribution >= 0.6 is 11.6 Å². The maximum absolute atomic E-state index is 12.0. The first-order chi connectivity index (χ1) is 11.1. The number of anilines is 2. The van der Waals surface area contributed by atoms with Crippen LogP contribution in [-0.2, 0) is 4.79 Å². The quantitative estimate of drug-likeness (QED) is 0.808. The standard InChI is InChI=1S/C17H19ClN2O3/c1-22-14-6-7-15(16(11-14)23-2)20-17(21)8-9-19-13-5-3-4-12(18)10-13/h3-7,10-11,19H,8-9H2,1-2H3,(H,20,21). The number of hydrogen-bond acceptors (Lipinski definition) is 4. The summed E-state index contributed by atoms with van der Waals surface area (Å²) in [7, 11) is 3.12. The lowest BCUT2D eigenvalue weighted by Gasteiger charge is -2.12. The Balaban J connectivity index is 1.87. The number of carbonyl (C=O) groups excluding carboxylic acids is 1. The van der Waals surface area contributed by atoms with Gasteiger partial charge < -0.3 is 20.1 Å². The summed E-state index contributed by atoms with van der Waals surface area (Å²) in [5, 5.41) is 6.63. The van der Waals surface area contributed by atoms with Crippen molar-refractivity contribution in [2.75, 3.05) is 31.4 Å². The van der Waals surface area contributed by atoms with E-state index in [0.29, 0.717) is 35.2 Å². The molecule has 0 radical (unpaired) electrons. The lowest BCUT2D eigenvalue weighted by molar-refractivity contribution is -0.116. The second-order valence-corrected chi connectivity index (χ2v) is 5.24. The van der Waals surface area contributed by atoms with Crippen molar-refractivity contribution in [3.8, 4) is 11.5 Å². The molecule has 0 spiro atoms. The zero-order valence-electron chi connectivity index (χ0n) is 13.1. The first-order valence-corrected chi connectivity index (χ1v) is 7.51. The number of benzene rings is 2. The SMILES string of the molecule is COc1ccc(NC(=O)CCNc2cccc(Cl)c2)c(OC)c1. The van der Waals surface area contributed by atoms with Gasteiger partial charge in [-0.1, -0.05) is 17.7 Å². The zero-order chi connectivity index (χ0) is 16.7. The minimum absolute atomic E-state index is 0.108. The lowest BCUT2D eigenvalue weighted by Crippen LogP contribution is -2.16. The van der Waals surface area contributed by atoms with Crippen LogP contribution in [0.25, 0.3) is 0 Å². The summed E-state index contributed by atoms with van der Waals surface area (Å²) in [5.41, 5.74) is 1.49. The monoisotopic (exact) mass is 334 g/mol. The first kappa shape index (κ1) is 17.0. The van der Waals surface area contributed by atoms with Crippen molar-refractivity contribution in [2.24, 2.45) is 0 Å². The second-order valence-electron chi connectivity index (χ2n) is 4.80. The molecule has 5 nitrogen and oxygen atoms in total. The van der Waals surface area contributed by atoms with Gasteiger partial charge in [-0.05, 0) is 30.3 Å². The Bertz CT molecular complexity index is 677. The fourth-order valence-corrected chi connectivity index (χ4v) is 2.22. The van der Waals surface area contributed by atoms with Crippen molar-refractivity contribution in [1.82, 2.24) is 0 Å². The van der Waals surface area contributed by atoms with E-state index in [0.717, 1.165) is 5.69 Å². The molecule has 0 saturated carbocycles. The van der Waals surface area contributed by atoms with Gasteiger partial charge in [0.25, 0.3) is 0 Å². The van der Waals surface area contributed by atoms with Gasteiger partial charge in [-0.15, -0.1) is 0 Å². The summed E-state index contributed by atoms with van der Waals surface area (Å²) in [5.74, 6) is 1.12.